The third-order valence-electron chi connectivity index (χ3n) is 4.72. The summed E-state index contributed by atoms with van der Waals surface area (Å²) in [4.78, 5) is 4.69. The van der Waals surface area contributed by atoms with Gasteiger partial charge in [0.2, 0.25) is 6.79 Å². The third kappa shape index (κ3) is 3.41. The maximum Gasteiger partial charge on any atom is 0.231 e. The van der Waals surface area contributed by atoms with Gasteiger partial charge in [-0.3, -0.25) is 0 Å². The number of nitrogens with zero attached hydrogens (tertiary/aromatic N) is 1. The zero-order chi connectivity index (χ0) is 16.4. The van der Waals surface area contributed by atoms with Crippen LogP contribution in [0.3, 0.4) is 0 Å². The van der Waals surface area contributed by atoms with E-state index >= 15 is 0 Å². The molecule has 2 aliphatic rings. The Hall–Kier alpha value is -1.63. The molecule has 5 nitrogen and oxygen atoms in total. The first-order chi connectivity index (χ1) is 11.7. The van der Waals surface area contributed by atoms with Gasteiger partial charge in [0.05, 0.1) is 11.3 Å². The average molecular weight is 346 g/mol. The number of nitrogens with one attached hydrogen (secondary N) is 1. The zero-order valence-corrected chi connectivity index (χ0v) is 14.4. The lowest BCUT2D eigenvalue weighted by molar-refractivity contribution is 0.00463. The van der Waals surface area contributed by atoms with Crippen molar-refractivity contribution in [1.82, 2.24) is 10.3 Å². The number of aromatic nitrogens is 1. The number of fused-ring (bicyclic) bond motifs is 1. The van der Waals surface area contributed by atoms with Crippen LogP contribution in [0.25, 0.3) is 10.6 Å². The Morgan fingerprint density at radius 1 is 1.17 bits per heavy atom. The highest BCUT2D eigenvalue weighted by Crippen LogP contribution is 2.36. The molecule has 0 bridgehead atoms. The third-order valence-corrected chi connectivity index (χ3v) is 5.66. The fourth-order valence-electron chi connectivity index (χ4n) is 3.36. The lowest BCUT2D eigenvalue weighted by Gasteiger charge is -2.32. The predicted molar refractivity (Wildman–Crippen MR) is 93.4 cm³/mol. The molecule has 0 unspecified atom stereocenters. The van der Waals surface area contributed by atoms with E-state index in [1.165, 1.54) is 6.42 Å². The quantitative estimate of drug-likeness (QED) is 0.869. The molecule has 1 fully saturated rings. The van der Waals surface area contributed by atoms with E-state index in [1.807, 2.05) is 18.2 Å². The number of benzene rings is 1. The molecule has 128 valence electrons. The lowest BCUT2D eigenvalue weighted by atomic mass is 9.85. The number of rotatable bonds is 5. The first kappa shape index (κ1) is 15.9. The van der Waals surface area contributed by atoms with Gasteiger partial charge < -0.3 is 19.9 Å². The topological polar surface area (TPSA) is 63.6 Å². The van der Waals surface area contributed by atoms with Crippen LogP contribution in [0.4, 0.5) is 0 Å². The summed E-state index contributed by atoms with van der Waals surface area (Å²) in [5.74, 6) is 1.57. The fraction of sp³-hybridized carbons (Fsp3) is 0.500. The Balaban J connectivity index is 1.36. The normalized spacial score (nSPS) is 18.7. The van der Waals surface area contributed by atoms with Crippen molar-refractivity contribution in [2.75, 3.05) is 13.3 Å². The van der Waals surface area contributed by atoms with E-state index in [9.17, 15) is 5.11 Å². The Morgan fingerprint density at radius 2 is 2.00 bits per heavy atom. The molecule has 1 aliphatic carbocycles. The van der Waals surface area contributed by atoms with Gasteiger partial charge in [-0.25, -0.2) is 4.98 Å². The average Bonchev–Trinajstić information content (AvgIpc) is 3.23. The second kappa shape index (κ2) is 6.70. The van der Waals surface area contributed by atoms with Crippen molar-refractivity contribution in [3.05, 3.63) is 29.3 Å². The van der Waals surface area contributed by atoms with Gasteiger partial charge in [0.1, 0.15) is 5.01 Å². The molecule has 2 aromatic rings. The minimum atomic E-state index is -0.533. The van der Waals surface area contributed by atoms with Crippen molar-refractivity contribution in [2.45, 2.75) is 44.2 Å². The zero-order valence-electron chi connectivity index (χ0n) is 13.6. The first-order valence-corrected chi connectivity index (χ1v) is 9.37. The molecule has 2 heterocycles. The summed E-state index contributed by atoms with van der Waals surface area (Å²) >= 11 is 1.62. The van der Waals surface area contributed by atoms with Gasteiger partial charge in [0.15, 0.2) is 11.5 Å². The Bertz CT molecular complexity index is 710. The molecule has 4 rings (SSSR count). The fourth-order valence-corrected chi connectivity index (χ4v) is 4.18. The van der Waals surface area contributed by atoms with Gasteiger partial charge in [0.25, 0.3) is 0 Å². The van der Waals surface area contributed by atoms with Gasteiger partial charge in [0, 0.05) is 24.0 Å². The molecular formula is C18H22N2O3S. The summed E-state index contributed by atoms with van der Waals surface area (Å²) in [6.45, 7) is 1.61. The summed E-state index contributed by atoms with van der Waals surface area (Å²) in [6.07, 6.45) is 5.30. The summed E-state index contributed by atoms with van der Waals surface area (Å²) in [5.41, 5.74) is 1.52. The molecule has 0 radical (unpaired) electrons. The van der Waals surface area contributed by atoms with Gasteiger partial charge >= 0.3 is 0 Å². The van der Waals surface area contributed by atoms with Crippen molar-refractivity contribution >= 4 is 11.3 Å². The Labute approximate surface area is 145 Å². The highest BCUT2D eigenvalue weighted by atomic mass is 32.1. The second-order valence-corrected chi connectivity index (χ2v) is 7.46. The van der Waals surface area contributed by atoms with E-state index in [4.69, 9.17) is 9.47 Å². The van der Waals surface area contributed by atoms with Gasteiger partial charge in [-0.1, -0.05) is 19.3 Å². The lowest BCUT2D eigenvalue weighted by Crippen LogP contribution is -2.41. The van der Waals surface area contributed by atoms with Crippen LogP contribution in [0.5, 0.6) is 11.5 Å². The SMILES string of the molecule is OC1(CNCc2csc(-c3ccc4c(c3)OCO4)n2)CCCCC1. The van der Waals surface area contributed by atoms with Crippen LogP contribution in [-0.2, 0) is 6.54 Å². The molecule has 1 aliphatic heterocycles. The Kier molecular flexibility index (Phi) is 4.43. The van der Waals surface area contributed by atoms with E-state index < -0.39 is 5.60 Å². The van der Waals surface area contributed by atoms with Crippen molar-refractivity contribution in [1.29, 1.82) is 0 Å². The number of thiazole rings is 1. The minimum Gasteiger partial charge on any atom is -0.454 e. The van der Waals surface area contributed by atoms with E-state index in [1.54, 1.807) is 11.3 Å². The summed E-state index contributed by atoms with van der Waals surface area (Å²) in [5, 5.41) is 16.9. The first-order valence-electron chi connectivity index (χ1n) is 8.49. The number of ether oxygens (including phenoxy) is 2. The molecular weight excluding hydrogens is 324 g/mol. The van der Waals surface area contributed by atoms with Crippen LogP contribution < -0.4 is 14.8 Å². The molecule has 24 heavy (non-hydrogen) atoms. The van der Waals surface area contributed by atoms with Crippen molar-refractivity contribution < 1.29 is 14.6 Å². The highest BCUT2D eigenvalue weighted by Gasteiger charge is 2.28. The van der Waals surface area contributed by atoms with Crippen LogP contribution in [-0.4, -0.2) is 29.0 Å². The highest BCUT2D eigenvalue weighted by molar-refractivity contribution is 7.13. The maximum atomic E-state index is 10.5. The number of aliphatic hydroxyl groups is 1. The molecule has 6 heteroatoms. The van der Waals surface area contributed by atoms with Crippen molar-refractivity contribution in [3.63, 3.8) is 0 Å². The standard InChI is InChI=1S/C18H22N2O3S/c21-18(6-2-1-3-7-18)11-19-9-14-10-24-17(20-14)13-4-5-15-16(8-13)23-12-22-15/h4-5,8,10,19,21H,1-3,6-7,9,11-12H2. The van der Waals surface area contributed by atoms with Crippen LogP contribution in [0.2, 0.25) is 0 Å². The predicted octanol–water partition coefficient (Wildman–Crippen LogP) is 3.32. The van der Waals surface area contributed by atoms with Crippen LogP contribution in [0.1, 0.15) is 37.8 Å². The van der Waals surface area contributed by atoms with E-state index in [0.717, 1.165) is 53.4 Å². The van der Waals surface area contributed by atoms with Crippen molar-refractivity contribution in [2.24, 2.45) is 0 Å². The Morgan fingerprint density at radius 3 is 2.88 bits per heavy atom. The van der Waals surface area contributed by atoms with Crippen LogP contribution in [0, 0.1) is 0 Å². The van der Waals surface area contributed by atoms with Gasteiger partial charge in [-0.15, -0.1) is 11.3 Å². The molecule has 0 saturated heterocycles. The molecule has 1 aromatic heterocycles. The number of hydrogen-bond acceptors (Lipinski definition) is 6. The minimum absolute atomic E-state index is 0.286. The second-order valence-electron chi connectivity index (χ2n) is 6.60. The van der Waals surface area contributed by atoms with E-state index in [0.29, 0.717) is 13.1 Å². The van der Waals surface area contributed by atoms with Gasteiger partial charge in [-0.2, -0.15) is 0 Å². The van der Waals surface area contributed by atoms with Gasteiger partial charge in [-0.05, 0) is 31.0 Å². The van der Waals surface area contributed by atoms with Crippen LogP contribution >= 0.6 is 11.3 Å². The molecule has 2 N–H and O–H groups in total. The smallest absolute Gasteiger partial charge is 0.231 e. The molecule has 0 spiro atoms. The van der Waals surface area contributed by atoms with E-state index in [-0.39, 0.29) is 6.79 Å². The monoisotopic (exact) mass is 346 g/mol. The maximum absolute atomic E-state index is 10.5. The van der Waals surface area contributed by atoms with Crippen LogP contribution in [0.15, 0.2) is 23.6 Å². The number of hydrogen-bond donors (Lipinski definition) is 2. The molecule has 0 atom stereocenters. The summed E-state index contributed by atoms with van der Waals surface area (Å²) in [6, 6.07) is 5.91. The molecule has 0 amide bonds. The molecule has 1 aromatic carbocycles. The van der Waals surface area contributed by atoms with Crippen molar-refractivity contribution in [3.8, 4) is 22.1 Å². The largest absolute Gasteiger partial charge is 0.454 e. The molecule has 1 saturated carbocycles. The summed E-state index contributed by atoms with van der Waals surface area (Å²) < 4.78 is 10.8. The summed E-state index contributed by atoms with van der Waals surface area (Å²) in [7, 11) is 0. The van der Waals surface area contributed by atoms with E-state index in [2.05, 4.69) is 15.7 Å².